The number of benzene rings is 1. The van der Waals surface area contributed by atoms with Crippen LogP contribution in [0.5, 0.6) is 0 Å². The molecule has 13 heavy (non-hydrogen) atoms. The molecule has 0 saturated heterocycles. The fraction of sp³-hybridized carbons (Fsp3) is 0.364. The van der Waals surface area contributed by atoms with Crippen molar-refractivity contribution in [3.8, 4) is 6.07 Å². The summed E-state index contributed by atoms with van der Waals surface area (Å²) in [6.45, 7) is 3.03. The number of hydrogen-bond donors (Lipinski definition) is 0. The first-order valence-corrected chi connectivity index (χ1v) is 4.20. The van der Waals surface area contributed by atoms with Crippen LogP contribution in [-0.4, -0.2) is 5.67 Å². The quantitative estimate of drug-likeness (QED) is 0.681. The molecule has 0 bridgehead atoms. The number of hydrogen-bond acceptors (Lipinski definition) is 1. The van der Waals surface area contributed by atoms with Gasteiger partial charge in [0.25, 0.3) is 0 Å². The predicted octanol–water partition coefficient (Wildman–Crippen LogP) is 2.85. The molecule has 1 nitrogen and oxygen atoms in total. The van der Waals surface area contributed by atoms with Crippen molar-refractivity contribution in [1.82, 2.24) is 0 Å². The van der Waals surface area contributed by atoms with Gasteiger partial charge in [-0.05, 0) is 25.5 Å². The Kier molecular flexibility index (Phi) is 2.67. The van der Waals surface area contributed by atoms with Crippen molar-refractivity contribution in [3.63, 3.8) is 0 Å². The highest BCUT2D eigenvalue weighted by Crippen LogP contribution is 2.18. The Morgan fingerprint density at radius 3 is 2.54 bits per heavy atom. The van der Waals surface area contributed by atoms with Crippen molar-refractivity contribution in [3.05, 3.63) is 35.4 Å². The number of rotatable bonds is 2. The Bertz CT molecular complexity index is 331. The summed E-state index contributed by atoms with van der Waals surface area (Å²) in [5.41, 5.74) is 0.0816. The monoisotopic (exact) mass is 177 g/mol. The van der Waals surface area contributed by atoms with Crippen LogP contribution in [0.3, 0.4) is 0 Å². The minimum Gasteiger partial charge on any atom is -0.244 e. The van der Waals surface area contributed by atoms with Crippen molar-refractivity contribution in [2.75, 3.05) is 0 Å². The summed E-state index contributed by atoms with van der Waals surface area (Å²) in [4.78, 5) is 0. The maximum absolute atomic E-state index is 13.3. The van der Waals surface area contributed by atoms with E-state index in [1.165, 1.54) is 13.8 Å². The average Bonchev–Trinajstić information content (AvgIpc) is 2.02. The number of halogens is 1. The molecule has 0 aliphatic heterocycles. The standard InChI is InChI=1S/C11H12FN/c1-11(2,12)7-9-5-3-4-6-10(9)8-13/h3-6H,7H2,1-2H3. The van der Waals surface area contributed by atoms with E-state index in [4.69, 9.17) is 5.26 Å². The van der Waals surface area contributed by atoms with Crippen LogP contribution in [0.15, 0.2) is 24.3 Å². The van der Waals surface area contributed by atoms with E-state index in [9.17, 15) is 4.39 Å². The summed E-state index contributed by atoms with van der Waals surface area (Å²) in [7, 11) is 0. The number of nitriles is 1. The summed E-state index contributed by atoms with van der Waals surface area (Å²) < 4.78 is 13.3. The molecule has 0 unspecified atom stereocenters. The zero-order chi connectivity index (χ0) is 9.90. The fourth-order valence-corrected chi connectivity index (χ4v) is 1.24. The van der Waals surface area contributed by atoms with Crippen LogP contribution in [0, 0.1) is 11.3 Å². The van der Waals surface area contributed by atoms with Gasteiger partial charge in [0.2, 0.25) is 0 Å². The van der Waals surface area contributed by atoms with Gasteiger partial charge in [-0.2, -0.15) is 5.26 Å². The lowest BCUT2D eigenvalue weighted by Gasteiger charge is -2.14. The zero-order valence-corrected chi connectivity index (χ0v) is 7.84. The second kappa shape index (κ2) is 3.57. The fourth-order valence-electron chi connectivity index (χ4n) is 1.24. The molecule has 0 atom stereocenters. The van der Waals surface area contributed by atoms with E-state index in [1.54, 1.807) is 18.2 Å². The molecule has 1 rings (SSSR count). The Hall–Kier alpha value is -1.36. The number of alkyl halides is 1. The smallest absolute Gasteiger partial charge is 0.109 e. The Morgan fingerprint density at radius 1 is 1.38 bits per heavy atom. The molecule has 0 saturated carbocycles. The lowest BCUT2D eigenvalue weighted by Crippen LogP contribution is -2.16. The molecule has 0 spiro atoms. The molecule has 0 N–H and O–H groups in total. The second-order valence-electron chi connectivity index (χ2n) is 3.66. The number of nitrogens with zero attached hydrogens (tertiary/aromatic N) is 1. The highest BCUT2D eigenvalue weighted by atomic mass is 19.1. The molecule has 0 heterocycles. The van der Waals surface area contributed by atoms with Crippen LogP contribution in [0.1, 0.15) is 25.0 Å². The minimum absolute atomic E-state index is 0.288. The first-order valence-electron chi connectivity index (χ1n) is 4.20. The third-order valence-electron chi connectivity index (χ3n) is 1.75. The first-order chi connectivity index (χ1) is 6.03. The van der Waals surface area contributed by atoms with Crippen LogP contribution in [-0.2, 0) is 6.42 Å². The molecule has 0 fully saturated rings. The van der Waals surface area contributed by atoms with E-state index < -0.39 is 5.67 Å². The van der Waals surface area contributed by atoms with Gasteiger partial charge in [-0.25, -0.2) is 4.39 Å². The van der Waals surface area contributed by atoms with Gasteiger partial charge in [-0.3, -0.25) is 0 Å². The van der Waals surface area contributed by atoms with E-state index in [0.29, 0.717) is 5.56 Å². The van der Waals surface area contributed by atoms with Crippen LogP contribution in [0.4, 0.5) is 4.39 Å². The SMILES string of the molecule is CC(C)(F)Cc1ccccc1C#N. The van der Waals surface area contributed by atoms with Crippen LogP contribution in [0.2, 0.25) is 0 Å². The predicted molar refractivity (Wildman–Crippen MR) is 50.0 cm³/mol. The largest absolute Gasteiger partial charge is 0.244 e. The van der Waals surface area contributed by atoms with E-state index in [-0.39, 0.29) is 6.42 Å². The maximum Gasteiger partial charge on any atom is 0.109 e. The molecule has 0 aliphatic carbocycles. The minimum atomic E-state index is -1.26. The van der Waals surface area contributed by atoms with Gasteiger partial charge in [0.05, 0.1) is 11.6 Å². The van der Waals surface area contributed by atoms with E-state index >= 15 is 0 Å². The molecule has 0 aliphatic rings. The molecule has 0 amide bonds. The lowest BCUT2D eigenvalue weighted by molar-refractivity contribution is 0.217. The van der Waals surface area contributed by atoms with Gasteiger partial charge in [0.15, 0.2) is 0 Å². The van der Waals surface area contributed by atoms with E-state index in [0.717, 1.165) is 5.56 Å². The van der Waals surface area contributed by atoms with Crippen LogP contribution < -0.4 is 0 Å². The average molecular weight is 177 g/mol. The molecule has 1 aromatic rings. The zero-order valence-electron chi connectivity index (χ0n) is 7.84. The summed E-state index contributed by atoms with van der Waals surface area (Å²) in [6.07, 6.45) is 0.288. The van der Waals surface area contributed by atoms with E-state index in [1.807, 2.05) is 6.07 Å². The van der Waals surface area contributed by atoms with Crippen molar-refractivity contribution in [1.29, 1.82) is 5.26 Å². The third kappa shape index (κ3) is 2.87. The van der Waals surface area contributed by atoms with Gasteiger partial charge in [0, 0.05) is 6.42 Å². The van der Waals surface area contributed by atoms with Crippen molar-refractivity contribution in [2.24, 2.45) is 0 Å². The molecule has 68 valence electrons. The molecular formula is C11H12FN. The summed E-state index contributed by atoms with van der Waals surface area (Å²) >= 11 is 0. The molecule has 2 heteroatoms. The Balaban J connectivity index is 2.96. The Morgan fingerprint density at radius 2 is 2.00 bits per heavy atom. The molecule has 1 aromatic carbocycles. The maximum atomic E-state index is 13.3. The lowest BCUT2D eigenvalue weighted by atomic mass is 9.97. The normalized spacial score (nSPS) is 10.9. The summed E-state index contributed by atoms with van der Waals surface area (Å²) in [5.74, 6) is 0. The van der Waals surface area contributed by atoms with Gasteiger partial charge in [-0.15, -0.1) is 0 Å². The van der Waals surface area contributed by atoms with Crippen molar-refractivity contribution >= 4 is 0 Å². The van der Waals surface area contributed by atoms with Crippen molar-refractivity contribution in [2.45, 2.75) is 25.9 Å². The molecule has 0 radical (unpaired) electrons. The second-order valence-corrected chi connectivity index (χ2v) is 3.66. The summed E-state index contributed by atoms with van der Waals surface area (Å²) in [5, 5.41) is 8.74. The van der Waals surface area contributed by atoms with Crippen molar-refractivity contribution < 1.29 is 4.39 Å². The highest BCUT2D eigenvalue weighted by Gasteiger charge is 2.17. The Labute approximate surface area is 77.8 Å². The highest BCUT2D eigenvalue weighted by molar-refractivity contribution is 5.37. The third-order valence-corrected chi connectivity index (χ3v) is 1.75. The topological polar surface area (TPSA) is 23.8 Å². The first kappa shape index (κ1) is 9.73. The van der Waals surface area contributed by atoms with Crippen LogP contribution >= 0.6 is 0 Å². The van der Waals surface area contributed by atoms with Gasteiger partial charge in [0.1, 0.15) is 5.67 Å². The van der Waals surface area contributed by atoms with E-state index in [2.05, 4.69) is 6.07 Å². The van der Waals surface area contributed by atoms with Crippen LogP contribution in [0.25, 0.3) is 0 Å². The van der Waals surface area contributed by atoms with Gasteiger partial charge in [-0.1, -0.05) is 18.2 Å². The summed E-state index contributed by atoms with van der Waals surface area (Å²) in [6, 6.07) is 9.16. The molecular weight excluding hydrogens is 165 g/mol. The van der Waals surface area contributed by atoms with Gasteiger partial charge < -0.3 is 0 Å². The van der Waals surface area contributed by atoms with Gasteiger partial charge >= 0.3 is 0 Å². The molecule has 0 aromatic heterocycles.